The topological polar surface area (TPSA) is 47.8 Å². The maximum absolute atomic E-state index is 11.0. The highest BCUT2D eigenvalue weighted by atomic mass is 16.1. The molecule has 1 aliphatic heterocycles. The van der Waals surface area contributed by atoms with Crippen LogP contribution in [0.5, 0.6) is 0 Å². The van der Waals surface area contributed by atoms with Crippen molar-refractivity contribution in [3.8, 4) is 0 Å². The Morgan fingerprint density at radius 1 is 1.60 bits per heavy atom. The summed E-state index contributed by atoms with van der Waals surface area (Å²) in [4.78, 5) is 11.0. The van der Waals surface area contributed by atoms with Crippen molar-refractivity contribution in [2.75, 3.05) is 0 Å². The zero-order chi connectivity index (χ0) is 6.97. The van der Waals surface area contributed by atoms with Crippen LogP contribution in [0.25, 0.3) is 0 Å². The van der Waals surface area contributed by atoms with Gasteiger partial charge in [-0.05, 0) is 6.42 Å². The Morgan fingerprint density at radius 3 is 3.30 bits per heavy atom. The van der Waals surface area contributed by atoms with Crippen LogP contribution in [0.4, 0.5) is 0 Å². The molecular weight excluding hydrogens is 130 g/mol. The Hall–Kier alpha value is -1.19. The molecule has 2 rings (SSSR count). The molecule has 1 aromatic rings. The van der Waals surface area contributed by atoms with Crippen molar-refractivity contribution in [2.45, 2.75) is 19.4 Å². The Morgan fingerprint density at radius 2 is 2.50 bits per heavy atom. The highest BCUT2D eigenvalue weighted by Gasteiger charge is 2.17. The van der Waals surface area contributed by atoms with Crippen molar-refractivity contribution in [2.24, 2.45) is 0 Å². The summed E-state index contributed by atoms with van der Waals surface area (Å²) < 4.78 is 1.66. The van der Waals surface area contributed by atoms with Crippen molar-refractivity contribution in [3.05, 3.63) is 11.9 Å². The molecule has 0 bridgehead atoms. The van der Waals surface area contributed by atoms with E-state index in [1.165, 1.54) is 6.20 Å². The van der Waals surface area contributed by atoms with Gasteiger partial charge in [-0.1, -0.05) is 5.21 Å². The zero-order valence-corrected chi connectivity index (χ0v) is 5.45. The molecule has 4 heteroatoms. The van der Waals surface area contributed by atoms with Crippen molar-refractivity contribution in [1.29, 1.82) is 0 Å². The quantitative estimate of drug-likeness (QED) is 0.515. The number of aryl methyl sites for hydroxylation is 1. The van der Waals surface area contributed by atoms with Crippen molar-refractivity contribution in [3.63, 3.8) is 0 Å². The van der Waals surface area contributed by atoms with E-state index in [1.807, 2.05) is 0 Å². The molecule has 0 aliphatic carbocycles. The van der Waals surface area contributed by atoms with E-state index in [4.69, 9.17) is 0 Å². The van der Waals surface area contributed by atoms with Crippen LogP contribution >= 0.6 is 0 Å². The summed E-state index contributed by atoms with van der Waals surface area (Å²) in [6.07, 6.45) is 3.07. The molecule has 1 aliphatic rings. The second-order valence-corrected chi connectivity index (χ2v) is 2.37. The lowest BCUT2D eigenvalue weighted by Crippen LogP contribution is -2.16. The summed E-state index contributed by atoms with van der Waals surface area (Å²) >= 11 is 0. The van der Waals surface area contributed by atoms with Crippen molar-refractivity contribution >= 4 is 5.78 Å². The minimum Gasteiger partial charge on any atom is -0.292 e. The molecule has 0 unspecified atom stereocenters. The molecule has 52 valence electrons. The Labute approximate surface area is 57.8 Å². The van der Waals surface area contributed by atoms with E-state index >= 15 is 0 Å². The van der Waals surface area contributed by atoms with Crippen molar-refractivity contribution in [1.82, 2.24) is 15.0 Å². The van der Waals surface area contributed by atoms with E-state index in [-0.39, 0.29) is 5.78 Å². The summed E-state index contributed by atoms with van der Waals surface area (Å²) in [6.45, 7) is 0.834. The highest BCUT2D eigenvalue weighted by Crippen LogP contribution is 2.10. The van der Waals surface area contributed by atoms with Crippen LogP contribution < -0.4 is 0 Å². The van der Waals surface area contributed by atoms with Crippen molar-refractivity contribution < 1.29 is 4.79 Å². The molecule has 0 atom stereocenters. The minimum absolute atomic E-state index is 0.163. The van der Waals surface area contributed by atoms with Crippen LogP contribution in [0.1, 0.15) is 23.3 Å². The third kappa shape index (κ3) is 0.650. The van der Waals surface area contributed by atoms with Gasteiger partial charge < -0.3 is 0 Å². The molecule has 0 amide bonds. The molecule has 0 radical (unpaired) electrons. The maximum Gasteiger partial charge on any atom is 0.182 e. The summed E-state index contributed by atoms with van der Waals surface area (Å²) in [5, 5.41) is 7.40. The van der Waals surface area contributed by atoms with Gasteiger partial charge in [-0.3, -0.25) is 4.79 Å². The lowest BCUT2D eigenvalue weighted by atomic mass is 10.1. The summed E-state index contributed by atoms with van der Waals surface area (Å²) in [5.74, 6) is 0.163. The number of hydrogen-bond acceptors (Lipinski definition) is 3. The average Bonchev–Trinajstić information content (AvgIpc) is 2.36. The number of hydrogen-bond donors (Lipinski definition) is 0. The summed E-state index contributed by atoms with van der Waals surface area (Å²) in [7, 11) is 0. The Balaban J connectivity index is 2.50. The first kappa shape index (κ1) is 5.58. The monoisotopic (exact) mass is 137 g/mol. The number of carbonyl (C=O) groups excluding carboxylic acids is 1. The van der Waals surface area contributed by atoms with Crippen LogP contribution in [0, 0.1) is 0 Å². The van der Waals surface area contributed by atoms with Gasteiger partial charge in [0.05, 0.1) is 6.20 Å². The first-order chi connectivity index (χ1) is 4.88. The molecule has 0 aromatic carbocycles. The highest BCUT2D eigenvalue weighted by molar-refractivity contribution is 5.94. The normalized spacial score (nSPS) is 17.0. The van der Waals surface area contributed by atoms with E-state index in [9.17, 15) is 4.79 Å². The smallest absolute Gasteiger partial charge is 0.182 e. The van der Waals surface area contributed by atoms with E-state index in [0.29, 0.717) is 12.1 Å². The van der Waals surface area contributed by atoms with Crippen LogP contribution in [-0.4, -0.2) is 20.8 Å². The zero-order valence-electron chi connectivity index (χ0n) is 5.45. The molecule has 0 fully saturated rings. The first-order valence-electron chi connectivity index (χ1n) is 3.29. The van der Waals surface area contributed by atoms with Gasteiger partial charge in [0.25, 0.3) is 0 Å². The molecule has 0 spiro atoms. The second-order valence-electron chi connectivity index (χ2n) is 2.37. The minimum atomic E-state index is 0.163. The SMILES string of the molecule is O=C1CCCn2nncc21. The van der Waals surface area contributed by atoms with Crippen LogP contribution in [0.15, 0.2) is 6.20 Å². The third-order valence-corrected chi connectivity index (χ3v) is 1.68. The van der Waals surface area contributed by atoms with Gasteiger partial charge in [-0.2, -0.15) is 0 Å². The first-order valence-corrected chi connectivity index (χ1v) is 3.29. The molecule has 0 N–H and O–H groups in total. The number of ketones is 1. The standard InChI is InChI=1S/C6H7N3O/c10-6-2-1-3-9-5(6)4-7-8-9/h4H,1-3H2. The number of nitrogens with zero attached hydrogens (tertiary/aromatic N) is 3. The summed E-state index contributed by atoms with van der Waals surface area (Å²) in [5.41, 5.74) is 0.659. The predicted octanol–water partition coefficient (Wildman–Crippen LogP) is 0.255. The maximum atomic E-state index is 11.0. The number of fused-ring (bicyclic) bond motifs is 1. The van der Waals surface area contributed by atoms with Gasteiger partial charge in [-0.25, -0.2) is 4.68 Å². The van der Waals surface area contributed by atoms with E-state index in [1.54, 1.807) is 4.68 Å². The summed E-state index contributed by atoms with van der Waals surface area (Å²) in [6, 6.07) is 0. The van der Waals surface area contributed by atoms with Crippen LogP contribution in [-0.2, 0) is 6.54 Å². The van der Waals surface area contributed by atoms with Gasteiger partial charge >= 0.3 is 0 Å². The van der Waals surface area contributed by atoms with Gasteiger partial charge in [0.15, 0.2) is 5.78 Å². The van der Waals surface area contributed by atoms with E-state index < -0.39 is 0 Å². The molecule has 1 aromatic heterocycles. The molecule has 0 saturated heterocycles. The van der Waals surface area contributed by atoms with Gasteiger partial charge in [0.2, 0.25) is 0 Å². The Kier molecular flexibility index (Phi) is 1.06. The lowest BCUT2D eigenvalue weighted by molar-refractivity contribution is 0.0951. The van der Waals surface area contributed by atoms with Gasteiger partial charge in [0, 0.05) is 13.0 Å². The third-order valence-electron chi connectivity index (χ3n) is 1.68. The molecule has 10 heavy (non-hydrogen) atoms. The fourth-order valence-electron chi connectivity index (χ4n) is 1.16. The second kappa shape index (κ2) is 1.90. The fraction of sp³-hybridized carbons (Fsp3) is 0.500. The Bertz CT molecular complexity index is 266. The number of Topliss-reactive ketones (excluding diaryl/α,β-unsaturated/α-hetero) is 1. The van der Waals surface area contributed by atoms with Gasteiger partial charge in [0.1, 0.15) is 5.69 Å². The van der Waals surface area contributed by atoms with Crippen LogP contribution in [0.3, 0.4) is 0 Å². The lowest BCUT2D eigenvalue weighted by Gasteiger charge is -2.09. The number of carbonyl (C=O) groups is 1. The molecule has 0 saturated carbocycles. The van der Waals surface area contributed by atoms with E-state index in [0.717, 1.165) is 13.0 Å². The largest absolute Gasteiger partial charge is 0.292 e. The van der Waals surface area contributed by atoms with E-state index in [2.05, 4.69) is 10.3 Å². The molecule has 4 nitrogen and oxygen atoms in total. The van der Waals surface area contributed by atoms with Gasteiger partial charge in [-0.15, -0.1) is 5.10 Å². The molecular formula is C6H7N3O. The average molecular weight is 137 g/mol. The fourth-order valence-corrected chi connectivity index (χ4v) is 1.16. The number of aromatic nitrogens is 3. The number of rotatable bonds is 0. The predicted molar refractivity (Wildman–Crippen MR) is 33.6 cm³/mol. The molecule has 2 heterocycles. The van der Waals surface area contributed by atoms with Crippen LogP contribution in [0.2, 0.25) is 0 Å².